The molecular formula is C20H24FN3O3S. The molecule has 1 aromatic carbocycles. The van der Waals surface area contributed by atoms with E-state index in [1.54, 1.807) is 6.07 Å². The Bertz CT molecular complexity index is 985. The first kappa shape index (κ1) is 19.3. The molecule has 1 aromatic heterocycles. The molecule has 1 atom stereocenters. The highest BCUT2D eigenvalue weighted by Crippen LogP contribution is 2.46. The minimum atomic E-state index is -0.616. The van der Waals surface area contributed by atoms with Gasteiger partial charge in [0.15, 0.2) is 0 Å². The van der Waals surface area contributed by atoms with Crippen molar-refractivity contribution >= 4 is 34.3 Å². The molecule has 3 heterocycles. The van der Waals surface area contributed by atoms with E-state index < -0.39 is 17.2 Å². The van der Waals surface area contributed by atoms with Crippen LogP contribution in [-0.2, 0) is 4.74 Å². The summed E-state index contributed by atoms with van der Waals surface area (Å²) in [5.74, 6) is -1.05. The van der Waals surface area contributed by atoms with Gasteiger partial charge in [-0.15, -0.1) is 0 Å². The first-order valence-corrected chi connectivity index (χ1v) is 10.6. The number of anilines is 1. The van der Waals surface area contributed by atoms with E-state index in [1.165, 1.54) is 17.8 Å². The third-order valence-electron chi connectivity index (χ3n) is 5.27. The molecule has 0 radical (unpaired) electrons. The number of thioether (sulfide) groups is 1. The van der Waals surface area contributed by atoms with E-state index in [-0.39, 0.29) is 22.9 Å². The number of piperazine rings is 1. The second kappa shape index (κ2) is 7.75. The number of rotatable bonds is 5. The smallest absolute Gasteiger partial charge is 0.344 e. The Morgan fingerprint density at radius 1 is 1.36 bits per heavy atom. The number of hydrogen-bond donors (Lipinski definition) is 1. The summed E-state index contributed by atoms with van der Waals surface area (Å²) in [4.78, 5) is 27.6. The fourth-order valence-electron chi connectivity index (χ4n) is 3.74. The van der Waals surface area contributed by atoms with E-state index >= 15 is 0 Å². The monoisotopic (exact) mass is 405 g/mol. The van der Waals surface area contributed by atoms with Crippen LogP contribution >= 0.6 is 11.8 Å². The van der Waals surface area contributed by atoms with Crippen molar-refractivity contribution in [3.05, 3.63) is 33.7 Å². The molecule has 8 heteroatoms. The summed E-state index contributed by atoms with van der Waals surface area (Å²) in [6.07, 6.45) is 1.64. The number of esters is 1. The fourth-order valence-corrected chi connectivity index (χ4v) is 4.90. The fraction of sp³-hybridized carbons (Fsp3) is 0.500. The number of nitrogens with one attached hydrogen (secondary N) is 1. The third kappa shape index (κ3) is 3.18. The minimum absolute atomic E-state index is 0.0287. The summed E-state index contributed by atoms with van der Waals surface area (Å²) < 4.78 is 22.1. The molecule has 0 spiro atoms. The Morgan fingerprint density at radius 2 is 2.11 bits per heavy atom. The molecule has 0 amide bonds. The van der Waals surface area contributed by atoms with Crippen molar-refractivity contribution < 1.29 is 13.9 Å². The summed E-state index contributed by atoms with van der Waals surface area (Å²) >= 11 is 1.47. The number of nitrogens with zero attached hydrogens (tertiary/aromatic N) is 2. The maximum absolute atomic E-state index is 14.9. The number of halogens is 1. The molecular weight excluding hydrogens is 381 g/mol. The van der Waals surface area contributed by atoms with Crippen LogP contribution in [0.4, 0.5) is 10.1 Å². The lowest BCUT2D eigenvalue weighted by molar-refractivity contribution is 0.0491. The Balaban J connectivity index is 1.83. The van der Waals surface area contributed by atoms with Crippen molar-refractivity contribution in [3.63, 3.8) is 0 Å². The Labute approximate surface area is 167 Å². The van der Waals surface area contributed by atoms with E-state index in [2.05, 4.69) is 5.32 Å². The second-order valence-electron chi connectivity index (χ2n) is 7.14. The predicted molar refractivity (Wildman–Crippen MR) is 109 cm³/mol. The van der Waals surface area contributed by atoms with Gasteiger partial charge in [-0.25, -0.2) is 9.18 Å². The Hall–Kier alpha value is -2.06. The number of carbonyl (C=O) groups excluding carboxylic acids is 1. The summed E-state index contributed by atoms with van der Waals surface area (Å²) in [6, 6.07) is 3.03. The van der Waals surface area contributed by atoms with Gasteiger partial charge >= 0.3 is 5.97 Å². The standard InChI is InChI=1S/C20H24FN3O3S/c1-3-4-9-27-20(26)17-18(25)13-10-14(21)16(23-7-5-22-6-8-23)11-15(13)24-12(2)28-19(17)24/h10-12,22H,3-9H2,1-2H3. The zero-order chi connectivity index (χ0) is 19.8. The number of unbranched alkanes of at least 4 members (excludes halogenated alkanes) is 1. The third-order valence-corrected chi connectivity index (χ3v) is 6.44. The zero-order valence-electron chi connectivity index (χ0n) is 16.1. The molecule has 0 aliphatic carbocycles. The SMILES string of the molecule is CCCCOC(=O)c1c2n(c3cc(N4CCNCC4)c(F)cc3c1=O)C(C)S2. The van der Waals surface area contributed by atoms with Crippen LogP contribution in [-0.4, -0.2) is 43.3 Å². The topological polar surface area (TPSA) is 63.6 Å². The van der Waals surface area contributed by atoms with Crippen molar-refractivity contribution in [2.45, 2.75) is 37.1 Å². The molecule has 6 nitrogen and oxygen atoms in total. The molecule has 1 unspecified atom stereocenters. The van der Waals surface area contributed by atoms with Gasteiger partial charge in [-0.3, -0.25) is 4.79 Å². The van der Waals surface area contributed by atoms with Gasteiger partial charge in [-0.1, -0.05) is 25.1 Å². The highest BCUT2D eigenvalue weighted by atomic mass is 32.2. The molecule has 0 bridgehead atoms. The maximum atomic E-state index is 14.9. The normalized spacial score (nSPS) is 18.7. The maximum Gasteiger partial charge on any atom is 0.344 e. The molecule has 1 saturated heterocycles. The van der Waals surface area contributed by atoms with Crippen LogP contribution < -0.4 is 15.6 Å². The predicted octanol–water partition coefficient (Wildman–Crippen LogP) is 3.13. The van der Waals surface area contributed by atoms with Crippen molar-refractivity contribution in [1.29, 1.82) is 0 Å². The lowest BCUT2D eigenvalue weighted by atomic mass is 10.1. The van der Waals surface area contributed by atoms with Crippen LogP contribution in [0.5, 0.6) is 0 Å². The molecule has 2 aromatic rings. The van der Waals surface area contributed by atoms with Crippen LogP contribution in [0, 0.1) is 5.82 Å². The molecule has 4 rings (SSSR count). The van der Waals surface area contributed by atoms with Crippen LogP contribution in [0.1, 0.15) is 42.4 Å². The van der Waals surface area contributed by atoms with Crippen molar-refractivity contribution in [1.82, 2.24) is 9.88 Å². The zero-order valence-corrected chi connectivity index (χ0v) is 16.9. The molecule has 2 aliphatic heterocycles. The van der Waals surface area contributed by atoms with Crippen LogP contribution in [0.15, 0.2) is 22.0 Å². The highest BCUT2D eigenvalue weighted by Gasteiger charge is 2.34. The van der Waals surface area contributed by atoms with Crippen LogP contribution in [0.3, 0.4) is 0 Å². The molecule has 28 heavy (non-hydrogen) atoms. The van der Waals surface area contributed by atoms with Gasteiger partial charge in [-0.05, 0) is 25.5 Å². The lowest BCUT2D eigenvalue weighted by Gasteiger charge is -2.34. The van der Waals surface area contributed by atoms with E-state index in [9.17, 15) is 14.0 Å². The van der Waals surface area contributed by atoms with Gasteiger partial charge in [0.1, 0.15) is 11.4 Å². The number of fused-ring (bicyclic) bond motifs is 3. The average molecular weight is 405 g/mol. The summed E-state index contributed by atoms with van der Waals surface area (Å²) in [5, 5.41) is 4.17. The number of pyridine rings is 1. The van der Waals surface area contributed by atoms with E-state index in [0.29, 0.717) is 29.3 Å². The Kier molecular flexibility index (Phi) is 5.33. The number of ether oxygens (including phenoxy) is 1. The molecule has 2 aliphatic rings. The largest absolute Gasteiger partial charge is 0.462 e. The second-order valence-corrected chi connectivity index (χ2v) is 8.45. The molecule has 150 valence electrons. The van der Waals surface area contributed by atoms with Gasteiger partial charge < -0.3 is 19.5 Å². The molecule has 1 fully saturated rings. The summed E-state index contributed by atoms with van der Waals surface area (Å²) in [7, 11) is 0. The number of carbonyl (C=O) groups is 1. The first-order valence-electron chi connectivity index (χ1n) is 9.74. The van der Waals surface area contributed by atoms with E-state index in [0.717, 1.165) is 25.9 Å². The quantitative estimate of drug-likeness (QED) is 0.609. The van der Waals surface area contributed by atoms with Gasteiger partial charge in [0.2, 0.25) is 5.43 Å². The van der Waals surface area contributed by atoms with E-state index in [1.807, 2.05) is 23.3 Å². The average Bonchev–Trinajstić information content (AvgIpc) is 2.68. The minimum Gasteiger partial charge on any atom is -0.462 e. The molecule has 0 saturated carbocycles. The van der Waals surface area contributed by atoms with Gasteiger partial charge in [0.25, 0.3) is 0 Å². The highest BCUT2D eigenvalue weighted by molar-refractivity contribution is 8.00. The first-order chi connectivity index (χ1) is 13.5. The van der Waals surface area contributed by atoms with Crippen molar-refractivity contribution in [2.24, 2.45) is 0 Å². The number of aromatic nitrogens is 1. The van der Waals surface area contributed by atoms with E-state index in [4.69, 9.17) is 4.74 Å². The van der Waals surface area contributed by atoms with Gasteiger partial charge in [0, 0.05) is 31.6 Å². The van der Waals surface area contributed by atoms with Crippen molar-refractivity contribution in [2.75, 3.05) is 37.7 Å². The van der Waals surface area contributed by atoms with Crippen molar-refractivity contribution in [3.8, 4) is 0 Å². The van der Waals surface area contributed by atoms with Gasteiger partial charge in [0.05, 0.1) is 28.2 Å². The number of hydrogen-bond acceptors (Lipinski definition) is 6. The Morgan fingerprint density at radius 3 is 2.79 bits per heavy atom. The molecule has 1 N–H and O–H groups in total. The van der Waals surface area contributed by atoms with Crippen LogP contribution in [0.2, 0.25) is 0 Å². The summed E-state index contributed by atoms with van der Waals surface area (Å²) in [6.45, 7) is 7.30. The summed E-state index contributed by atoms with van der Waals surface area (Å²) in [5.41, 5.74) is 0.755. The van der Waals surface area contributed by atoms with Gasteiger partial charge in [-0.2, -0.15) is 0 Å². The van der Waals surface area contributed by atoms with Crippen LogP contribution in [0.25, 0.3) is 10.9 Å². The number of benzene rings is 1. The lowest BCUT2D eigenvalue weighted by Crippen LogP contribution is -2.44.